The van der Waals surface area contributed by atoms with Crippen LogP contribution in [0.2, 0.25) is 0 Å². The van der Waals surface area contributed by atoms with Gasteiger partial charge in [0.1, 0.15) is 0 Å². The molecular formula is C12H26N2O3. The van der Waals surface area contributed by atoms with Crippen LogP contribution in [-0.2, 0) is 14.2 Å². The Morgan fingerprint density at radius 1 is 1.06 bits per heavy atom. The number of rotatable bonds is 11. The van der Waals surface area contributed by atoms with Crippen LogP contribution in [0, 0.1) is 10.8 Å². The quantitative estimate of drug-likeness (QED) is 0.328. The molecule has 102 valence electrons. The summed E-state index contributed by atoms with van der Waals surface area (Å²) in [5, 5.41) is 7.39. The summed E-state index contributed by atoms with van der Waals surface area (Å²) in [6.07, 6.45) is 1.67. The zero-order valence-electron chi connectivity index (χ0n) is 11.3. The van der Waals surface area contributed by atoms with Gasteiger partial charge in [0, 0.05) is 32.3 Å². The van der Waals surface area contributed by atoms with Crippen molar-refractivity contribution in [1.82, 2.24) is 0 Å². The van der Waals surface area contributed by atoms with E-state index in [2.05, 4.69) is 0 Å². The standard InChI is InChI=1S/C12H26N2O3/c1-12(2,11(13)14)5-8-17-10-9-16-7-4-6-15-3/h4-10H2,1-3H3,(H3,13,14). The van der Waals surface area contributed by atoms with Crippen molar-refractivity contribution in [3.05, 3.63) is 0 Å². The maximum atomic E-state index is 7.39. The van der Waals surface area contributed by atoms with Gasteiger partial charge in [0.15, 0.2) is 0 Å². The van der Waals surface area contributed by atoms with Gasteiger partial charge < -0.3 is 19.9 Å². The molecule has 5 nitrogen and oxygen atoms in total. The minimum Gasteiger partial charge on any atom is -0.387 e. The van der Waals surface area contributed by atoms with Crippen molar-refractivity contribution in [2.24, 2.45) is 11.1 Å². The van der Waals surface area contributed by atoms with Crippen molar-refractivity contribution in [3.8, 4) is 0 Å². The molecule has 0 bridgehead atoms. The molecule has 0 unspecified atom stereocenters. The molecule has 0 rings (SSSR count). The third-order valence-corrected chi connectivity index (χ3v) is 2.61. The van der Waals surface area contributed by atoms with E-state index in [9.17, 15) is 0 Å². The molecule has 0 saturated carbocycles. The molecule has 3 N–H and O–H groups in total. The maximum Gasteiger partial charge on any atom is 0.0963 e. The Morgan fingerprint density at radius 2 is 1.65 bits per heavy atom. The average molecular weight is 246 g/mol. The molecule has 0 aromatic carbocycles. The van der Waals surface area contributed by atoms with Crippen LogP contribution in [0.15, 0.2) is 0 Å². The van der Waals surface area contributed by atoms with Crippen molar-refractivity contribution < 1.29 is 14.2 Å². The number of methoxy groups -OCH3 is 1. The van der Waals surface area contributed by atoms with Gasteiger partial charge in [-0.2, -0.15) is 0 Å². The zero-order chi connectivity index (χ0) is 13.1. The van der Waals surface area contributed by atoms with Crippen LogP contribution in [-0.4, -0.2) is 46.0 Å². The number of hydrogen-bond acceptors (Lipinski definition) is 4. The lowest BCUT2D eigenvalue weighted by atomic mass is 9.89. The highest BCUT2D eigenvalue weighted by atomic mass is 16.5. The first-order valence-corrected chi connectivity index (χ1v) is 5.99. The van der Waals surface area contributed by atoms with Gasteiger partial charge in [-0.3, -0.25) is 5.41 Å². The van der Waals surface area contributed by atoms with E-state index < -0.39 is 0 Å². The maximum absolute atomic E-state index is 7.39. The molecule has 0 heterocycles. The summed E-state index contributed by atoms with van der Waals surface area (Å²) in [5.41, 5.74) is 5.19. The summed E-state index contributed by atoms with van der Waals surface area (Å²) >= 11 is 0. The molecule has 0 aliphatic heterocycles. The Balaban J connectivity index is 3.27. The molecule has 0 atom stereocenters. The van der Waals surface area contributed by atoms with Crippen LogP contribution in [0.5, 0.6) is 0 Å². The molecule has 0 aliphatic rings. The second-order valence-electron chi connectivity index (χ2n) is 4.62. The zero-order valence-corrected chi connectivity index (χ0v) is 11.3. The number of nitrogens with two attached hydrogens (primary N) is 1. The summed E-state index contributed by atoms with van der Waals surface area (Å²) in [6.45, 7) is 7.11. The topological polar surface area (TPSA) is 77.6 Å². The van der Waals surface area contributed by atoms with Gasteiger partial charge >= 0.3 is 0 Å². The van der Waals surface area contributed by atoms with Crippen LogP contribution in [0.25, 0.3) is 0 Å². The summed E-state index contributed by atoms with van der Waals surface area (Å²) in [7, 11) is 1.68. The number of nitrogens with one attached hydrogen (secondary N) is 1. The molecule has 0 spiro atoms. The highest BCUT2D eigenvalue weighted by Crippen LogP contribution is 2.19. The smallest absolute Gasteiger partial charge is 0.0963 e. The Bertz CT molecular complexity index is 208. The molecule has 0 fully saturated rings. The average Bonchev–Trinajstić information content (AvgIpc) is 2.26. The van der Waals surface area contributed by atoms with Crippen LogP contribution >= 0.6 is 0 Å². The summed E-state index contributed by atoms with van der Waals surface area (Å²) < 4.78 is 15.7. The third kappa shape index (κ3) is 9.09. The van der Waals surface area contributed by atoms with Gasteiger partial charge in [0.25, 0.3) is 0 Å². The van der Waals surface area contributed by atoms with Gasteiger partial charge in [0.05, 0.1) is 19.0 Å². The molecule has 0 aromatic rings. The molecular weight excluding hydrogens is 220 g/mol. The van der Waals surface area contributed by atoms with Gasteiger partial charge in [-0.1, -0.05) is 13.8 Å². The second kappa shape index (κ2) is 9.39. The first-order chi connectivity index (χ1) is 8.00. The molecule has 0 aliphatic carbocycles. The lowest BCUT2D eigenvalue weighted by Gasteiger charge is -2.22. The molecule has 0 radical (unpaired) electrons. The second-order valence-corrected chi connectivity index (χ2v) is 4.62. The van der Waals surface area contributed by atoms with Gasteiger partial charge in [-0.15, -0.1) is 0 Å². The van der Waals surface area contributed by atoms with E-state index in [1.165, 1.54) is 0 Å². The molecule has 17 heavy (non-hydrogen) atoms. The lowest BCUT2D eigenvalue weighted by molar-refractivity contribution is 0.0347. The van der Waals surface area contributed by atoms with Gasteiger partial charge in [-0.05, 0) is 12.8 Å². The van der Waals surface area contributed by atoms with Crippen molar-refractivity contribution in [2.75, 3.05) is 40.1 Å². The fourth-order valence-electron chi connectivity index (χ4n) is 1.09. The van der Waals surface area contributed by atoms with E-state index >= 15 is 0 Å². The largest absolute Gasteiger partial charge is 0.387 e. The Kier molecular flexibility index (Phi) is 9.03. The predicted octanol–water partition coefficient (Wildman–Crippen LogP) is 1.41. The highest BCUT2D eigenvalue weighted by molar-refractivity contribution is 5.82. The molecule has 5 heteroatoms. The van der Waals surface area contributed by atoms with Crippen LogP contribution in [0.1, 0.15) is 26.7 Å². The monoisotopic (exact) mass is 246 g/mol. The van der Waals surface area contributed by atoms with E-state index in [0.29, 0.717) is 26.4 Å². The normalized spacial score (nSPS) is 11.7. The van der Waals surface area contributed by atoms with Crippen molar-refractivity contribution in [2.45, 2.75) is 26.7 Å². The predicted molar refractivity (Wildman–Crippen MR) is 68.4 cm³/mol. The SMILES string of the molecule is COCCCOCCOCCC(C)(C)C(=N)N. The summed E-state index contributed by atoms with van der Waals surface area (Å²) in [5.74, 6) is 0.205. The Labute approximate surface area is 104 Å². The fraction of sp³-hybridized carbons (Fsp3) is 0.917. The van der Waals surface area contributed by atoms with Crippen molar-refractivity contribution in [1.29, 1.82) is 5.41 Å². The van der Waals surface area contributed by atoms with Crippen molar-refractivity contribution in [3.63, 3.8) is 0 Å². The summed E-state index contributed by atoms with van der Waals surface area (Å²) in [6, 6.07) is 0. The highest BCUT2D eigenvalue weighted by Gasteiger charge is 2.20. The first-order valence-electron chi connectivity index (χ1n) is 5.99. The van der Waals surface area contributed by atoms with Gasteiger partial charge in [0.2, 0.25) is 0 Å². The summed E-state index contributed by atoms with van der Waals surface area (Å²) in [4.78, 5) is 0. The molecule has 0 saturated heterocycles. The number of ether oxygens (including phenoxy) is 3. The van der Waals surface area contributed by atoms with Crippen LogP contribution in [0.4, 0.5) is 0 Å². The lowest BCUT2D eigenvalue weighted by Crippen LogP contribution is -2.32. The minimum absolute atomic E-state index is 0.205. The Morgan fingerprint density at radius 3 is 2.18 bits per heavy atom. The Hall–Kier alpha value is -0.650. The van der Waals surface area contributed by atoms with Crippen LogP contribution in [0.3, 0.4) is 0 Å². The van der Waals surface area contributed by atoms with Gasteiger partial charge in [-0.25, -0.2) is 0 Å². The fourth-order valence-corrected chi connectivity index (χ4v) is 1.09. The molecule has 0 aromatic heterocycles. The number of hydrogen-bond donors (Lipinski definition) is 2. The third-order valence-electron chi connectivity index (χ3n) is 2.61. The van der Waals surface area contributed by atoms with E-state index in [1.54, 1.807) is 7.11 Å². The van der Waals surface area contributed by atoms with E-state index in [-0.39, 0.29) is 11.3 Å². The van der Waals surface area contributed by atoms with Crippen LogP contribution < -0.4 is 5.73 Å². The minimum atomic E-state index is -0.278. The van der Waals surface area contributed by atoms with E-state index in [0.717, 1.165) is 19.4 Å². The first kappa shape index (κ1) is 16.4. The molecule has 0 amide bonds. The van der Waals surface area contributed by atoms with E-state index in [4.69, 9.17) is 25.4 Å². The van der Waals surface area contributed by atoms with Crippen molar-refractivity contribution >= 4 is 5.84 Å². The number of amidine groups is 1. The van der Waals surface area contributed by atoms with E-state index in [1.807, 2.05) is 13.8 Å².